The minimum Gasteiger partial charge on any atom is -0.495 e. The maximum Gasteiger partial charge on any atom is 0.269 e. The van der Waals surface area contributed by atoms with Gasteiger partial charge in [-0.05, 0) is 23.8 Å². The molecule has 1 aliphatic heterocycles. The minimum absolute atomic E-state index is 0.213. The Morgan fingerprint density at radius 1 is 1.20 bits per heavy atom. The van der Waals surface area contributed by atoms with Crippen LogP contribution < -0.4 is 4.74 Å². The fourth-order valence-electron chi connectivity index (χ4n) is 2.83. The zero-order valence-electron chi connectivity index (χ0n) is 13.5. The zero-order chi connectivity index (χ0) is 17.4. The predicted octanol–water partition coefficient (Wildman–Crippen LogP) is 2.75. The van der Waals surface area contributed by atoms with Crippen molar-refractivity contribution in [3.8, 4) is 5.75 Å². The van der Waals surface area contributed by atoms with E-state index < -0.39 is 10.0 Å². The van der Waals surface area contributed by atoms with Crippen molar-refractivity contribution in [3.63, 3.8) is 0 Å². The first-order valence-corrected chi connectivity index (χ1v) is 9.11. The second-order valence-corrected chi connectivity index (χ2v) is 7.37. The standard InChI is InChI=1S/C18H15N3O3S/c1-24-14-9-16-17(13-7-8-19-10-13)12-21(18(16)20-11-14)25(22,23)15-5-3-2-4-6-15/h2-7,9-12H,8H2,1H3. The molecule has 0 N–H and O–H groups in total. The smallest absolute Gasteiger partial charge is 0.269 e. The Hall–Kier alpha value is -2.93. The summed E-state index contributed by atoms with van der Waals surface area (Å²) in [5.74, 6) is 0.569. The molecule has 3 heterocycles. The van der Waals surface area contributed by atoms with E-state index in [2.05, 4.69) is 9.98 Å². The molecular formula is C18H15N3O3S. The summed E-state index contributed by atoms with van der Waals surface area (Å²) >= 11 is 0. The first kappa shape index (κ1) is 15.6. The third kappa shape index (κ3) is 2.53. The van der Waals surface area contributed by atoms with Crippen molar-refractivity contribution in [1.29, 1.82) is 0 Å². The number of fused-ring (bicyclic) bond motifs is 1. The van der Waals surface area contributed by atoms with Crippen LogP contribution in [0.25, 0.3) is 16.6 Å². The average molecular weight is 353 g/mol. The number of hydrogen-bond acceptors (Lipinski definition) is 5. The van der Waals surface area contributed by atoms with Crippen LogP contribution in [0.5, 0.6) is 5.75 Å². The molecule has 0 atom stereocenters. The first-order chi connectivity index (χ1) is 12.1. The molecule has 7 heteroatoms. The number of aromatic nitrogens is 2. The molecule has 0 spiro atoms. The van der Waals surface area contributed by atoms with Crippen LogP contribution in [-0.2, 0) is 10.0 Å². The lowest BCUT2D eigenvalue weighted by Gasteiger charge is -2.07. The van der Waals surface area contributed by atoms with E-state index in [9.17, 15) is 8.42 Å². The molecule has 25 heavy (non-hydrogen) atoms. The number of methoxy groups -OCH3 is 1. The molecule has 0 radical (unpaired) electrons. The summed E-state index contributed by atoms with van der Waals surface area (Å²) in [6.45, 7) is 0.588. The number of pyridine rings is 1. The van der Waals surface area contributed by atoms with Crippen molar-refractivity contribution in [2.24, 2.45) is 4.99 Å². The third-order valence-corrected chi connectivity index (χ3v) is 5.74. The molecule has 6 nitrogen and oxygen atoms in total. The van der Waals surface area contributed by atoms with Gasteiger partial charge in [0, 0.05) is 23.4 Å². The number of hydrogen-bond donors (Lipinski definition) is 0. The summed E-state index contributed by atoms with van der Waals surface area (Å²) in [5, 5.41) is 0.707. The van der Waals surface area contributed by atoms with Crippen LogP contribution >= 0.6 is 0 Å². The molecule has 3 aromatic rings. The largest absolute Gasteiger partial charge is 0.495 e. The second-order valence-electron chi connectivity index (χ2n) is 5.56. The fourth-order valence-corrected chi connectivity index (χ4v) is 4.17. The van der Waals surface area contributed by atoms with Gasteiger partial charge in [-0.1, -0.05) is 24.3 Å². The molecule has 1 aromatic carbocycles. The van der Waals surface area contributed by atoms with Crippen molar-refractivity contribution >= 4 is 32.8 Å². The highest BCUT2D eigenvalue weighted by molar-refractivity contribution is 7.90. The van der Waals surface area contributed by atoms with E-state index in [1.807, 2.05) is 6.08 Å². The minimum atomic E-state index is -3.75. The van der Waals surface area contributed by atoms with Crippen LogP contribution in [0, 0.1) is 0 Å². The van der Waals surface area contributed by atoms with Gasteiger partial charge in [0.25, 0.3) is 10.0 Å². The highest BCUT2D eigenvalue weighted by Gasteiger charge is 2.23. The molecule has 0 saturated heterocycles. The van der Waals surface area contributed by atoms with Crippen molar-refractivity contribution in [1.82, 2.24) is 8.96 Å². The van der Waals surface area contributed by atoms with Crippen LogP contribution in [0.15, 0.2) is 64.8 Å². The van der Waals surface area contributed by atoms with Crippen LogP contribution in [-0.4, -0.2) is 37.2 Å². The predicted molar refractivity (Wildman–Crippen MR) is 96.6 cm³/mol. The molecule has 0 unspecified atom stereocenters. The molecule has 1 aliphatic rings. The van der Waals surface area contributed by atoms with Gasteiger partial charge in [0.1, 0.15) is 5.75 Å². The van der Waals surface area contributed by atoms with Gasteiger partial charge in [-0.25, -0.2) is 17.4 Å². The van der Waals surface area contributed by atoms with Crippen LogP contribution in [0.4, 0.5) is 0 Å². The quantitative estimate of drug-likeness (QED) is 0.723. The third-order valence-electron chi connectivity index (χ3n) is 4.08. The number of nitrogens with zero attached hydrogens (tertiary/aromatic N) is 3. The monoisotopic (exact) mass is 353 g/mol. The molecule has 0 bridgehead atoms. The summed E-state index contributed by atoms with van der Waals surface area (Å²) in [7, 11) is -2.20. The molecule has 0 saturated carbocycles. The summed E-state index contributed by atoms with van der Waals surface area (Å²) in [6.07, 6.45) is 6.81. The Bertz CT molecular complexity index is 1110. The van der Waals surface area contributed by atoms with Gasteiger partial charge in [0.15, 0.2) is 5.65 Å². The van der Waals surface area contributed by atoms with Crippen molar-refractivity contribution in [3.05, 3.63) is 60.4 Å². The maximum atomic E-state index is 13.1. The fraction of sp³-hybridized carbons (Fsp3) is 0.111. The lowest BCUT2D eigenvalue weighted by Crippen LogP contribution is -2.12. The van der Waals surface area contributed by atoms with Crippen LogP contribution in [0.2, 0.25) is 0 Å². The van der Waals surface area contributed by atoms with E-state index in [0.717, 1.165) is 11.1 Å². The zero-order valence-corrected chi connectivity index (χ0v) is 14.3. The number of allylic oxidation sites excluding steroid dienone is 1. The number of ether oxygens (including phenoxy) is 1. The van der Waals surface area contributed by atoms with Gasteiger partial charge >= 0.3 is 0 Å². The molecular weight excluding hydrogens is 338 g/mol. The van der Waals surface area contributed by atoms with Gasteiger partial charge in [-0.15, -0.1) is 0 Å². The maximum absolute atomic E-state index is 13.1. The SMILES string of the molecule is COc1cnc2c(c1)c(C1=CCN=C1)cn2S(=O)(=O)c1ccccc1. The number of benzene rings is 1. The topological polar surface area (TPSA) is 73.6 Å². The van der Waals surface area contributed by atoms with Gasteiger partial charge in [0.2, 0.25) is 0 Å². The second kappa shape index (κ2) is 5.86. The van der Waals surface area contributed by atoms with E-state index in [1.54, 1.807) is 55.9 Å². The van der Waals surface area contributed by atoms with E-state index >= 15 is 0 Å². The van der Waals surface area contributed by atoms with Gasteiger partial charge in [-0.3, -0.25) is 4.99 Å². The molecule has 4 rings (SSSR count). The normalized spacial score (nSPS) is 14.0. The van der Waals surface area contributed by atoms with Gasteiger partial charge in [0.05, 0.1) is 24.7 Å². The highest BCUT2D eigenvalue weighted by atomic mass is 32.2. The molecule has 0 aliphatic carbocycles. The van der Waals surface area contributed by atoms with Crippen molar-refractivity contribution in [2.45, 2.75) is 4.90 Å². The summed E-state index contributed by atoms with van der Waals surface area (Å²) < 4.78 is 32.6. The van der Waals surface area contributed by atoms with E-state index in [4.69, 9.17) is 4.74 Å². The Labute approximate surface area is 145 Å². The van der Waals surface area contributed by atoms with E-state index in [1.165, 1.54) is 10.2 Å². The number of rotatable bonds is 4. The molecule has 126 valence electrons. The Balaban J connectivity index is 2.01. The summed E-state index contributed by atoms with van der Waals surface area (Å²) in [6, 6.07) is 10.1. The average Bonchev–Trinajstić information content (AvgIpc) is 3.29. The Morgan fingerprint density at radius 2 is 2.00 bits per heavy atom. The molecule has 0 amide bonds. The Morgan fingerprint density at radius 3 is 2.68 bits per heavy atom. The van der Waals surface area contributed by atoms with Gasteiger partial charge in [-0.2, -0.15) is 0 Å². The highest BCUT2D eigenvalue weighted by Crippen LogP contribution is 2.31. The van der Waals surface area contributed by atoms with Gasteiger partial charge < -0.3 is 4.74 Å². The van der Waals surface area contributed by atoms with E-state index in [-0.39, 0.29) is 4.90 Å². The van der Waals surface area contributed by atoms with Crippen molar-refractivity contribution in [2.75, 3.05) is 13.7 Å². The lowest BCUT2D eigenvalue weighted by molar-refractivity contribution is 0.413. The lowest BCUT2D eigenvalue weighted by atomic mass is 10.1. The van der Waals surface area contributed by atoms with E-state index in [0.29, 0.717) is 23.3 Å². The van der Waals surface area contributed by atoms with Crippen LogP contribution in [0.1, 0.15) is 5.56 Å². The van der Waals surface area contributed by atoms with Crippen LogP contribution in [0.3, 0.4) is 0 Å². The summed E-state index contributed by atoms with van der Waals surface area (Å²) in [4.78, 5) is 8.73. The first-order valence-electron chi connectivity index (χ1n) is 7.67. The van der Waals surface area contributed by atoms with Crippen molar-refractivity contribution < 1.29 is 13.2 Å². The molecule has 0 fully saturated rings. The summed E-state index contributed by atoms with van der Waals surface area (Å²) in [5.41, 5.74) is 2.00. The number of aliphatic imine (C=N–C) groups is 1. The Kier molecular flexibility index (Phi) is 3.65. The molecule has 2 aromatic heterocycles.